The molecule has 4 heteroatoms. The summed E-state index contributed by atoms with van der Waals surface area (Å²) in [5, 5.41) is 17.9. The molecule has 90 valence electrons. The van der Waals surface area contributed by atoms with Crippen molar-refractivity contribution in [2.24, 2.45) is 0 Å². The molecule has 0 aromatic carbocycles. The quantitative estimate of drug-likeness (QED) is 0.562. The molecule has 3 nitrogen and oxygen atoms in total. The highest BCUT2D eigenvalue weighted by Gasteiger charge is 2.37. The monoisotopic (exact) mass is 232 g/mol. The third-order valence-electron chi connectivity index (χ3n) is 3.01. The van der Waals surface area contributed by atoms with Gasteiger partial charge in [0.25, 0.3) is 0 Å². The summed E-state index contributed by atoms with van der Waals surface area (Å²) in [6, 6.07) is 0. The Balaban J connectivity index is 4.31. The second-order valence-corrected chi connectivity index (χ2v) is 10.1. The number of hydrogen-bond donors (Lipinski definition) is 2. The molecule has 0 rings (SSSR count). The summed E-state index contributed by atoms with van der Waals surface area (Å²) in [6.07, 6.45) is 1.60. The van der Waals surface area contributed by atoms with Crippen molar-refractivity contribution in [1.29, 1.82) is 0 Å². The third-order valence-corrected chi connectivity index (χ3v) is 7.49. The van der Waals surface area contributed by atoms with E-state index in [9.17, 15) is 0 Å². The van der Waals surface area contributed by atoms with Gasteiger partial charge in [-0.25, -0.2) is 0 Å². The Labute approximate surface area is 93.9 Å². The maximum Gasteiger partial charge on any atom is 0.192 e. The van der Waals surface area contributed by atoms with Crippen LogP contribution in [-0.4, -0.2) is 38.4 Å². The largest absolute Gasteiger partial charge is 0.413 e. The van der Waals surface area contributed by atoms with Gasteiger partial charge >= 0.3 is 0 Å². The minimum absolute atomic E-state index is 0.0449. The van der Waals surface area contributed by atoms with Gasteiger partial charge in [-0.05, 0) is 23.7 Å². The highest BCUT2D eigenvalue weighted by atomic mass is 28.4. The number of rotatable bonds is 5. The van der Waals surface area contributed by atoms with Crippen molar-refractivity contribution < 1.29 is 14.6 Å². The molecule has 0 amide bonds. The topological polar surface area (TPSA) is 49.7 Å². The fourth-order valence-corrected chi connectivity index (χ4v) is 1.77. The highest BCUT2D eigenvalue weighted by Crippen LogP contribution is 2.36. The number of aliphatic hydroxyl groups is 2. The van der Waals surface area contributed by atoms with E-state index < -0.39 is 8.32 Å². The van der Waals surface area contributed by atoms with Crippen LogP contribution < -0.4 is 0 Å². The van der Waals surface area contributed by atoms with Gasteiger partial charge in [-0.2, -0.15) is 0 Å². The summed E-state index contributed by atoms with van der Waals surface area (Å²) < 4.78 is 5.90. The molecule has 0 atom stereocenters. The summed E-state index contributed by atoms with van der Waals surface area (Å²) in [7, 11) is -1.75. The summed E-state index contributed by atoms with van der Waals surface area (Å²) >= 11 is 0. The molecule has 2 N–H and O–H groups in total. The molecule has 15 heavy (non-hydrogen) atoms. The first-order valence-electron chi connectivity index (χ1n) is 5.28. The van der Waals surface area contributed by atoms with Crippen molar-refractivity contribution in [3.63, 3.8) is 0 Å². The van der Waals surface area contributed by atoms with E-state index in [2.05, 4.69) is 33.9 Å². The van der Waals surface area contributed by atoms with Crippen molar-refractivity contribution in [3.8, 4) is 0 Å². The Bertz CT molecular complexity index is 216. The molecular formula is C11H24O3Si. The summed E-state index contributed by atoms with van der Waals surface area (Å²) in [5.74, 6) is 0. The number of hydrogen-bond acceptors (Lipinski definition) is 3. The van der Waals surface area contributed by atoms with Crippen LogP contribution in [0.25, 0.3) is 0 Å². The fourth-order valence-electron chi connectivity index (χ4n) is 0.788. The molecule has 0 heterocycles. The predicted octanol–water partition coefficient (Wildman–Crippen LogP) is 1.92. The maximum atomic E-state index is 9.01. The van der Waals surface area contributed by atoms with Crippen molar-refractivity contribution in [2.75, 3.05) is 19.8 Å². The lowest BCUT2D eigenvalue weighted by Crippen LogP contribution is -2.41. The van der Waals surface area contributed by atoms with Crippen molar-refractivity contribution in [2.45, 2.75) is 38.9 Å². The van der Waals surface area contributed by atoms with Crippen LogP contribution in [0.2, 0.25) is 18.1 Å². The zero-order valence-corrected chi connectivity index (χ0v) is 11.5. The average molecular weight is 232 g/mol. The Morgan fingerprint density at radius 1 is 1.27 bits per heavy atom. The van der Waals surface area contributed by atoms with Crippen LogP contribution in [0.5, 0.6) is 0 Å². The molecule has 0 radical (unpaired) electrons. The molecular weight excluding hydrogens is 208 g/mol. The first-order valence-corrected chi connectivity index (χ1v) is 8.19. The Morgan fingerprint density at radius 3 is 2.13 bits per heavy atom. The first-order chi connectivity index (χ1) is 6.74. The number of aliphatic hydroxyl groups excluding tert-OH is 2. The average Bonchev–Trinajstić information content (AvgIpc) is 2.10. The van der Waals surface area contributed by atoms with E-state index in [1.54, 1.807) is 6.08 Å². The van der Waals surface area contributed by atoms with Gasteiger partial charge < -0.3 is 14.6 Å². The van der Waals surface area contributed by atoms with Crippen LogP contribution in [-0.2, 0) is 4.43 Å². The molecule has 0 fully saturated rings. The molecule has 0 bridgehead atoms. The molecule has 0 aliphatic carbocycles. The van der Waals surface area contributed by atoms with E-state index in [1.807, 2.05) is 0 Å². The second kappa shape index (κ2) is 5.79. The lowest BCUT2D eigenvalue weighted by molar-refractivity contribution is 0.269. The van der Waals surface area contributed by atoms with Crippen LogP contribution in [0, 0.1) is 0 Å². The standard InChI is InChI=1S/C11H24O3Si/c1-11(2,3)15(4,5)14-9-10(8-13)6-7-12/h6,12-13H,7-9H2,1-5H3. The summed E-state index contributed by atoms with van der Waals surface area (Å²) in [6.45, 7) is 11.2. The fraction of sp³-hybridized carbons (Fsp3) is 0.818. The van der Waals surface area contributed by atoms with Gasteiger partial charge in [0.1, 0.15) is 0 Å². The van der Waals surface area contributed by atoms with Gasteiger partial charge in [0.15, 0.2) is 8.32 Å². The van der Waals surface area contributed by atoms with Crippen LogP contribution in [0.1, 0.15) is 20.8 Å². The van der Waals surface area contributed by atoms with Crippen molar-refractivity contribution in [3.05, 3.63) is 11.6 Å². The van der Waals surface area contributed by atoms with Gasteiger partial charge in [-0.15, -0.1) is 0 Å². The van der Waals surface area contributed by atoms with Gasteiger partial charge in [0.2, 0.25) is 0 Å². The lowest BCUT2D eigenvalue weighted by Gasteiger charge is -2.36. The van der Waals surface area contributed by atoms with Crippen molar-refractivity contribution in [1.82, 2.24) is 0 Å². The van der Waals surface area contributed by atoms with Crippen LogP contribution in [0.15, 0.2) is 11.6 Å². The second-order valence-electron chi connectivity index (χ2n) is 5.25. The van der Waals surface area contributed by atoms with Crippen LogP contribution in [0.4, 0.5) is 0 Å². The first kappa shape index (κ1) is 14.8. The zero-order valence-electron chi connectivity index (χ0n) is 10.5. The van der Waals surface area contributed by atoms with E-state index in [-0.39, 0.29) is 18.3 Å². The van der Waals surface area contributed by atoms with Gasteiger partial charge in [-0.3, -0.25) is 0 Å². The molecule has 0 aromatic rings. The molecule has 0 saturated heterocycles. The maximum absolute atomic E-state index is 9.01. The lowest BCUT2D eigenvalue weighted by atomic mass is 10.2. The van der Waals surface area contributed by atoms with E-state index in [1.165, 1.54) is 0 Å². The van der Waals surface area contributed by atoms with Crippen LogP contribution in [0.3, 0.4) is 0 Å². The molecule has 0 aromatic heterocycles. The van der Waals surface area contributed by atoms with Crippen LogP contribution >= 0.6 is 0 Å². The Hall–Kier alpha value is -0.163. The summed E-state index contributed by atoms with van der Waals surface area (Å²) in [4.78, 5) is 0. The normalized spacial score (nSPS) is 14.5. The minimum Gasteiger partial charge on any atom is -0.413 e. The van der Waals surface area contributed by atoms with E-state index >= 15 is 0 Å². The van der Waals surface area contributed by atoms with Gasteiger partial charge in [-0.1, -0.05) is 26.8 Å². The predicted molar refractivity (Wildman–Crippen MR) is 65.4 cm³/mol. The van der Waals surface area contributed by atoms with E-state index in [0.717, 1.165) is 5.57 Å². The molecule has 0 saturated carbocycles. The van der Waals surface area contributed by atoms with Crippen molar-refractivity contribution >= 4 is 8.32 Å². The molecule has 0 aliphatic rings. The Kier molecular flexibility index (Phi) is 5.73. The third kappa shape index (κ3) is 4.93. The zero-order chi connectivity index (χ0) is 12.1. The van der Waals surface area contributed by atoms with E-state index in [0.29, 0.717) is 6.61 Å². The smallest absolute Gasteiger partial charge is 0.192 e. The SMILES string of the molecule is CC(C)(C)[Si](C)(C)OCC(=CCO)CO. The molecule has 0 aliphatic heterocycles. The highest BCUT2D eigenvalue weighted by molar-refractivity contribution is 6.74. The minimum atomic E-state index is -1.75. The van der Waals surface area contributed by atoms with E-state index in [4.69, 9.17) is 14.6 Å². The summed E-state index contributed by atoms with van der Waals surface area (Å²) in [5.41, 5.74) is 0.752. The Morgan fingerprint density at radius 2 is 1.80 bits per heavy atom. The van der Waals surface area contributed by atoms with Gasteiger partial charge in [0, 0.05) is 0 Å². The molecule has 0 unspecified atom stereocenters. The van der Waals surface area contributed by atoms with Gasteiger partial charge in [0.05, 0.1) is 19.8 Å². The molecule has 0 spiro atoms.